The molecule has 8 heteroatoms. The molecule has 1 aromatic carbocycles. The zero-order valence-electron chi connectivity index (χ0n) is 10.7. The summed E-state index contributed by atoms with van der Waals surface area (Å²) in [6.07, 6.45) is -4.82. The Kier molecular flexibility index (Phi) is 5.29. The zero-order chi connectivity index (χ0) is 15.3. The molecule has 0 aliphatic heterocycles. The fourth-order valence-electron chi connectivity index (χ4n) is 1.71. The van der Waals surface area contributed by atoms with Crippen molar-refractivity contribution in [1.29, 1.82) is 0 Å². The molecule has 1 unspecified atom stereocenters. The quantitative estimate of drug-likeness (QED) is 0.484. The van der Waals surface area contributed by atoms with E-state index in [0.717, 1.165) is 12.1 Å². The van der Waals surface area contributed by atoms with Crippen molar-refractivity contribution in [2.24, 2.45) is 0 Å². The largest absolute Gasteiger partial charge is 0.389 e. The number of nitrogens with zero attached hydrogens (tertiary/aromatic N) is 1. The summed E-state index contributed by atoms with van der Waals surface area (Å²) in [7, 11) is 0. The molecule has 0 saturated heterocycles. The third kappa shape index (κ3) is 5.41. The summed E-state index contributed by atoms with van der Waals surface area (Å²) in [4.78, 5) is 9.59. The molecule has 0 heterocycles. The first-order valence-electron chi connectivity index (χ1n) is 5.96. The molecule has 20 heavy (non-hydrogen) atoms. The summed E-state index contributed by atoms with van der Waals surface area (Å²) < 4.78 is 49.2. The van der Waals surface area contributed by atoms with Gasteiger partial charge in [-0.2, -0.15) is 17.6 Å². The number of anilines is 1. The van der Waals surface area contributed by atoms with Crippen molar-refractivity contribution in [1.82, 2.24) is 0 Å². The molecular weight excluding hydrogens is 280 g/mol. The van der Waals surface area contributed by atoms with Gasteiger partial charge < -0.3 is 5.32 Å². The number of nitrogens with one attached hydrogen (secondary N) is 1. The van der Waals surface area contributed by atoms with Crippen molar-refractivity contribution < 1.29 is 22.5 Å². The lowest BCUT2D eigenvalue weighted by Gasteiger charge is -2.15. The standard InChI is InChI=1S/C12H14F4N2O2/c1-8(3-2-6-12(14,15)16)17-9-4-5-11(18(19)20)10(13)7-9/h4-5,7-8,17H,2-3,6H2,1H3. The maximum atomic E-state index is 13.3. The molecule has 0 spiro atoms. The lowest BCUT2D eigenvalue weighted by Crippen LogP contribution is -2.17. The van der Waals surface area contributed by atoms with Crippen LogP contribution in [-0.2, 0) is 0 Å². The number of benzene rings is 1. The number of alkyl halides is 3. The Balaban J connectivity index is 2.52. The predicted octanol–water partition coefficient (Wildman–Crippen LogP) is 4.27. The fraction of sp³-hybridized carbons (Fsp3) is 0.500. The number of hydrogen-bond donors (Lipinski definition) is 1. The van der Waals surface area contributed by atoms with E-state index in [0.29, 0.717) is 5.69 Å². The average Bonchev–Trinajstić information content (AvgIpc) is 2.26. The van der Waals surface area contributed by atoms with Gasteiger partial charge >= 0.3 is 11.9 Å². The second-order valence-electron chi connectivity index (χ2n) is 4.48. The van der Waals surface area contributed by atoms with Crippen LogP contribution >= 0.6 is 0 Å². The van der Waals surface area contributed by atoms with Crippen molar-refractivity contribution >= 4 is 11.4 Å². The number of hydrogen-bond acceptors (Lipinski definition) is 3. The molecule has 1 atom stereocenters. The van der Waals surface area contributed by atoms with Gasteiger partial charge in [0.2, 0.25) is 5.82 Å². The Labute approximate surface area is 112 Å². The van der Waals surface area contributed by atoms with Crippen molar-refractivity contribution in [3.8, 4) is 0 Å². The topological polar surface area (TPSA) is 55.2 Å². The van der Waals surface area contributed by atoms with Gasteiger partial charge in [0.05, 0.1) is 4.92 Å². The third-order valence-electron chi connectivity index (χ3n) is 2.65. The van der Waals surface area contributed by atoms with E-state index in [9.17, 15) is 27.7 Å². The Hall–Kier alpha value is -1.86. The summed E-state index contributed by atoms with van der Waals surface area (Å²) in [5, 5.41) is 13.2. The molecule has 0 fully saturated rings. The van der Waals surface area contributed by atoms with E-state index in [1.165, 1.54) is 6.07 Å². The maximum absolute atomic E-state index is 13.3. The van der Waals surface area contributed by atoms with Gasteiger partial charge in [0.1, 0.15) is 0 Å². The fourth-order valence-corrected chi connectivity index (χ4v) is 1.71. The van der Waals surface area contributed by atoms with Crippen LogP contribution in [0.2, 0.25) is 0 Å². The smallest absolute Gasteiger partial charge is 0.383 e. The van der Waals surface area contributed by atoms with Crippen LogP contribution in [0.1, 0.15) is 26.2 Å². The van der Waals surface area contributed by atoms with E-state index < -0.39 is 29.0 Å². The molecule has 0 aliphatic rings. The van der Waals surface area contributed by atoms with Gasteiger partial charge in [0, 0.05) is 30.3 Å². The van der Waals surface area contributed by atoms with Gasteiger partial charge in [-0.15, -0.1) is 0 Å². The Morgan fingerprint density at radius 3 is 2.55 bits per heavy atom. The third-order valence-corrected chi connectivity index (χ3v) is 2.65. The van der Waals surface area contributed by atoms with E-state index in [1.54, 1.807) is 6.92 Å². The molecule has 1 aromatic rings. The van der Waals surface area contributed by atoms with Gasteiger partial charge in [-0.05, 0) is 25.8 Å². The summed E-state index contributed by atoms with van der Waals surface area (Å²) in [6, 6.07) is 3.00. The first kappa shape index (κ1) is 16.2. The van der Waals surface area contributed by atoms with E-state index in [4.69, 9.17) is 0 Å². The van der Waals surface area contributed by atoms with Crippen molar-refractivity contribution in [3.05, 3.63) is 34.1 Å². The molecule has 1 rings (SSSR count). The molecule has 0 aliphatic carbocycles. The number of halogens is 4. The van der Waals surface area contributed by atoms with E-state index in [1.807, 2.05) is 0 Å². The Morgan fingerprint density at radius 1 is 1.40 bits per heavy atom. The summed E-state index contributed by atoms with van der Waals surface area (Å²) in [5.74, 6) is -0.984. The van der Waals surface area contributed by atoms with Crippen LogP contribution in [0.25, 0.3) is 0 Å². The molecule has 0 saturated carbocycles. The summed E-state index contributed by atoms with van der Waals surface area (Å²) in [6.45, 7) is 1.66. The monoisotopic (exact) mass is 294 g/mol. The van der Waals surface area contributed by atoms with E-state index in [-0.39, 0.29) is 18.9 Å². The minimum absolute atomic E-state index is 0.0346. The summed E-state index contributed by atoms with van der Waals surface area (Å²) >= 11 is 0. The van der Waals surface area contributed by atoms with Crippen LogP contribution in [0.5, 0.6) is 0 Å². The Morgan fingerprint density at radius 2 is 2.05 bits per heavy atom. The molecule has 0 aromatic heterocycles. The van der Waals surface area contributed by atoms with Crippen LogP contribution in [0.15, 0.2) is 18.2 Å². The lowest BCUT2D eigenvalue weighted by atomic mass is 10.1. The number of rotatable bonds is 6. The van der Waals surface area contributed by atoms with Gasteiger partial charge in [-0.1, -0.05) is 0 Å². The second-order valence-corrected chi connectivity index (χ2v) is 4.48. The van der Waals surface area contributed by atoms with Crippen LogP contribution < -0.4 is 5.32 Å². The van der Waals surface area contributed by atoms with Crippen molar-refractivity contribution in [3.63, 3.8) is 0 Å². The maximum Gasteiger partial charge on any atom is 0.389 e. The van der Waals surface area contributed by atoms with Crippen molar-refractivity contribution in [2.45, 2.75) is 38.4 Å². The van der Waals surface area contributed by atoms with Crippen LogP contribution in [0.4, 0.5) is 28.9 Å². The molecule has 1 N–H and O–H groups in total. The van der Waals surface area contributed by atoms with E-state index in [2.05, 4.69) is 5.32 Å². The summed E-state index contributed by atoms with van der Waals surface area (Å²) in [5.41, 5.74) is -0.340. The zero-order valence-corrected chi connectivity index (χ0v) is 10.7. The van der Waals surface area contributed by atoms with Gasteiger partial charge in [-0.3, -0.25) is 10.1 Å². The second kappa shape index (κ2) is 6.53. The lowest BCUT2D eigenvalue weighted by molar-refractivity contribution is -0.387. The predicted molar refractivity (Wildman–Crippen MR) is 66.0 cm³/mol. The number of nitro benzene ring substituents is 1. The molecule has 4 nitrogen and oxygen atoms in total. The highest BCUT2D eigenvalue weighted by atomic mass is 19.4. The van der Waals surface area contributed by atoms with Gasteiger partial charge in [0.25, 0.3) is 0 Å². The molecular formula is C12H14F4N2O2. The highest BCUT2D eigenvalue weighted by molar-refractivity contribution is 5.50. The Bertz CT molecular complexity index is 477. The first-order valence-corrected chi connectivity index (χ1v) is 5.96. The first-order chi connectivity index (χ1) is 9.19. The molecule has 0 bridgehead atoms. The van der Waals surface area contributed by atoms with E-state index >= 15 is 0 Å². The SMILES string of the molecule is CC(CCCC(F)(F)F)Nc1ccc([N+](=O)[O-])c(F)c1. The minimum atomic E-state index is -4.18. The molecule has 0 amide bonds. The van der Waals surface area contributed by atoms with Crippen molar-refractivity contribution in [2.75, 3.05) is 5.32 Å². The average molecular weight is 294 g/mol. The van der Waals surface area contributed by atoms with Crippen LogP contribution in [0, 0.1) is 15.9 Å². The molecule has 112 valence electrons. The minimum Gasteiger partial charge on any atom is -0.383 e. The number of nitro groups is 1. The van der Waals surface area contributed by atoms with Gasteiger partial charge in [0.15, 0.2) is 0 Å². The van der Waals surface area contributed by atoms with Crippen LogP contribution in [-0.4, -0.2) is 17.1 Å². The highest BCUT2D eigenvalue weighted by Gasteiger charge is 2.26. The van der Waals surface area contributed by atoms with Gasteiger partial charge in [-0.25, -0.2) is 0 Å². The molecule has 0 radical (unpaired) electrons. The van der Waals surface area contributed by atoms with Crippen LogP contribution in [0.3, 0.4) is 0 Å². The normalized spacial score (nSPS) is 13.1. The highest BCUT2D eigenvalue weighted by Crippen LogP contribution is 2.24.